The van der Waals surface area contributed by atoms with Crippen molar-refractivity contribution in [2.75, 3.05) is 38.6 Å². The van der Waals surface area contributed by atoms with Crippen molar-refractivity contribution in [1.82, 2.24) is 9.80 Å². The summed E-state index contributed by atoms with van der Waals surface area (Å²) >= 11 is 5.97. The number of benzene rings is 1. The van der Waals surface area contributed by atoms with Crippen LogP contribution in [0.25, 0.3) is 0 Å². The highest BCUT2D eigenvalue weighted by atomic mass is 35.5. The molecule has 1 aromatic carbocycles. The van der Waals surface area contributed by atoms with Crippen LogP contribution in [-0.2, 0) is 14.4 Å². The first-order valence-electron chi connectivity index (χ1n) is 7.93. The van der Waals surface area contributed by atoms with Gasteiger partial charge in [0.15, 0.2) is 0 Å². The number of carbonyl (C=O) groups is 3. The topological polar surface area (TPSA) is 79.0 Å². The van der Waals surface area contributed by atoms with E-state index in [2.05, 4.69) is 5.32 Å². The first-order chi connectivity index (χ1) is 11.8. The van der Waals surface area contributed by atoms with Crippen molar-refractivity contribution in [3.63, 3.8) is 0 Å². The van der Waals surface area contributed by atoms with Crippen LogP contribution in [0.3, 0.4) is 0 Å². The number of hydrogen-bond acceptors (Lipinski definition) is 4. The van der Waals surface area contributed by atoms with E-state index in [1.807, 2.05) is 0 Å². The maximum absolute atomic E-state index is 12.8. The molecule has 1 saturated heterocycles. The molecule has 1 heterocycles. The summed E-state index contributed by atoms with van der Waals surface area (Å²) in [6, 6.07) is 4.87. The van der Waals surface area contributed by atoms with E-state index >= 15 is 0 Å². The molecule has 1 aliphatic rings. The van der Waals surface area contributed by atoms with Crippen LogP contribution in [0.4, 0.5) is 5.69 Å². The largest absolute Gasteiger partial charge is 0.495 e. The maximum Gasteiger partial charge on any atom is 0.239 e. The van der Waals surface area contributed by atoms with Crippen molar-refractivity contribution in [2.24, 2.45) is 5.41 Å². The van der Waals surface area contributed by atoms with Crippen LogP contribution in [0.5, 0.6) is 5.75 Å². The molecule has 8 heteroatoms. The third kappa shape index (κ3) is 4.22. The molecular formula is C17H22ClN3O4. The van der Waals surface area contributed by atoms with Crippen LogP contribution < -0.4 is 10.1 Å². The molecule has 0 aromatic heterocycles. The Morgan fingerprint density at radius 3 is 2.44 bits per heavy atom. The minimum atomic E-state index is -1.27. The second-order valence-electron chi connectivity index (χ2n) is 6.36. The maximum atomic E-state index is 12.8. The Labute approximate surface area is 151 Å². The number of ether oxygens (including phenoxy) is 1. The zero-order chi connectivity index (χ0) is 18.6. The predicted molar refractivity (Wildman–Crippen MR) is 94.6 cm³/mol. The van der Waals surface area contributed by atoms with Gasteiger partial charge in [-0.2, -0.15) is 0 Å². The fourth-order valence-corrected chi connectivity index (χ4v) is 2.75. The highest BCUT2D eigenvalue weighted by Crippen LogP contribution is 2.30. The van der Waals surface area contributed by atoms with E-state index in [0.29, 0.717) is 42.6 Å². The monoisotopic (exact) mass is 367 g/mol. The van der Waals surface area contributed by atoms with Crippen LogP contribution in [0, 0.1) is 5.41 Å². The van der Waals surface area contributed by atoms with Crippen LogP contribution in [0.1, 0.15) is 13.8 Å². The van der Waals surface area contributed by atoms with E-state index in [-0.39, 0.29) is 5.91 Å². The summed E-state index contributed by atoms with van der Waals surface area (Å²) in [6.45, 7) is 4.91. The van der Waals surface area contributed by atoms with Gasteiger partial charge in [0.2, 0.25) is 18.2 Å². The van der Waals surface area contributed by atoms with Crippen LogP contribution >= 0.6 is 11.6 Å². The average Bonchev–Trinajstić information content (AvgIpc) is 2.61. The Balaban J connectivity index is 2.10. The Hall–Kier alpha value is -2.28. The molecular weight excluding hydrogens is 346 g/mol. The van der Waals surface area contributed by atoms with Gasteiger partial charge in [-0.15, -0.1) is 0 Å². The van der Waals surface area contributed by atoms with Gasteiger partial charge >= 0.3 is 0 Å². The lowest BCUT2D eigenvalue weighted by molar-refractivity contribution is -0.148. The lowest BCUT2D eigenvalue weighted by atomic mass is 9.89. The molecule has 136 valence electrons. The number of anilines is 1. The number of nitrogens with zero attached hydrogens (tertiary/aromatic N) is 2. The van der Waals surface area contributed by atoms with Gasteiger partial charge in [-0.3, -0.25) is 14.4 Å². The third-order valence-electron chi connectivity index (χ3n) is 4.26. The van der Waals surface area contributed by atoms with Gasteiger partial charge in [0.1, 0.15) is 11.2 Å². The molecule has 1 aliphatic heterocycles. The average molecular weight is 368 g/mol. The summed E-state index contributed by atoms with van der Waals surface area (Å²) in [5.74, 6) is -0.270. The minimum absolute atomic E-state index is 0.281. The van der Waals surface area contributed by atoms with Gasteiger partial charge in [0, 0.05) is 31.2 Å². The third-order valence-corrected chi connectivity index (χ3v) is 4.50. The van der Waals surface area contributed by atoms with Crippen molar-refractivity contribution in [3.05, 3.63) is 23.2 Å². The van der Waals surface area contributed by atoms with E-state index < -0.39 is 11.3 Å². The summed E-state index contributed by atoms with van der Waals surface area (Å²) in [5.41, 5.74) is -0.858. The first kappa shape index (κ1) is 19.1. The van der Waals surface area contributed by atoms with Crippen LogP contribution in [0.2, 0.25) is 5.02 Å². The van der Waals surface area contributed by atoms with Crippen molar-refractivity contribution in [2.45, 2.75) is 13.8 Å². The molecule has 1 fully saturated rings. The Bertz CT molecular complexity index is 670. The summed E-state index contributed by atoms with van der Waals surface area (Å²) in [4.78, 5) is 39.4. The van der Waals surface area contributed by atoms with Crippen molar-refractivity contribution >= 4 is 35.5 Å². The van der Waals surface area contributed by atoms with Gasteiger partial charge < -0.3 is 19.9 Å². The van der Waals surface area contributed by atoms with E-state index in [4.69, 9.17) is 16.3 Å². The fraction of sp³-hybridized carbons (Fsp3) is 0.471. The number of hydrogen-bond donors (Lipinski definition) is 1. The number of carbonyl (C=O) groups excluding carboxylic acids is 3. The number of rotatable bonds is 5. The molecule has 25 heavy (non-hydrogen) atoms. The minimum Gasteiger partial charge on any atom is -0.495 e. The van der Waals surface area contributed by atoms with Gasteiger partial charge in [0.05, 0.1) is 12.8 Å². The number of halogens is 1. The Kier molecular flexibility index (Phi) is 5.89. The second-order valence-corrected chi connectivity index (χ2v) is 6.79. The predicted octanol–water partition coefficient (Wildman–Crippen LogP) is 1.61. The molecule has 3 amide bonds. The van der Waals surface area contributed by atoms with Crippen molar-refractivity contribution < 1.29 is 19.1 Å². The Morgan fingerprint density at radius 1 is 1.24 bits per heavy atom. The van der Waals surface area contributed by atoms with Crippen LogP contribution in [0.15, 0.2) is 18.2 Å². The fourth-order valence-electron chi connectivity index (χ4n) is 2.58. The van der Waals surface area contributed by atoms with E-state index in [1.54, 1.807) is 41.8 Å². The number of nitrogens with one attached hydrogen (secondary N) is 1. The molecule has 0 aliphatic carbocycles. The standard InChI is InChI=1S/C17H22ClN3O4/c1-17(2,16(24)21-8-6-20(11-22)7-9-21)15(23)19-13-10-12(18)4-5-14(13)25-3/h4-5,10-11H,6-9H2,1-3H3,(H,19,23). The van der Waals surface area contributed by atoms with Crippen molar-refractivity contribution in [1.29, 1.82) is 0 Å². The zero-order valence-electron chi connectivity index (χ0n) is 14.5. The van der Waals surface area contributed by atoms with E-state index in [1.165, 1.54) is 7.11 Å². The van der Waals surface area contributed by atoms with E-state index in [0.717, 1.165) is 6.41 Å². The molecule has 0 spiro atoms. The quantitative estimate of drug-likeness (QED) is 0.633. The SMILES string of the molecule is COc1ccc(Cl)cc1NC(=O)C(C)(C)C(=O)N1CCN(C=O)CC1. The lowest BCUT2D eigenvalue weighted by Gasteiger charge is -2.36. The smallest absolute Gasteiger partial charge is 0.239 e. The van der Waals surface area contributed by atoms with Gasteiger partial charge in [-0.25, -0.2) is 0 Å². The molecule has 0 bridgehead atoms. The molecule has 0 unspecified atom stereocenters. The molecule has 1 N–H and O–H groups in total. The molecule has 0 radical (unpaired) electrons. The van der Waals surface area contributed by atoms with E-state index in [9.17, 15) is 14.4 Å². The second kappa shape index (κ2) is 7.74. The van der Waals surface area contributed by atoms with Gasteiger partial charge in [-0.05, 0) is 32.0 Å². The zero-order valence-corrected chi connectivity index (χ0v) is 15.3. The number of amides is 3. The molecule has 1 aromatic rings. The summed E-state index contributed by atoms with van der Waals surface area (Å²) in [7, 11) is 1.49. The Morgan fingerprint density at radius 2 is 1.88 bits per heavy atom. The molecule has 2 rings (SSSR count). The molecule has 7 nitrogen and oxygen atoms in total. The number of methoxy groups -OCH3 is 1. The number of piperazine rings is 1. The summed E-state index contributed by atoms with van der Waals surface area (Å²) < 4.78 is 5.21. The molecule has 0 saturated carbocycles. The van der Waals surface area contributed by atoms with Crippen molar-refractivity contribution in [3.8, 4) is 5.75 Å². The summed E-state index contributed by atoms with van der Waals surface area (Å²) in [5, 5.41) is 3.17. The lowest BCUT2D eigenvalue weighted by Crippen LogP contribution is -2.54. The summed E-state index contributed by atoms with van der Waals surface area (Å²) in [6.07, 6.45) is 0.769. The molecule has 0 atom stereocenters. The van der Waals surface area contributed by atoms with Gasteiger partial charge in [-0.1, -0.05) is 11.6 Å². The van der Waals surface area contributed by atoms with Gasteiger partial charge in [0.25, 0.3) is 0 Å². The highest BCUT2D eigenvalue weighted by Gasteiger charge is 2.40. The normalized spacial score (nSPS) is 14.9. The first-order valence-corrected chi connectivity index (χ1v) is 8.31. The van der Waals surface area contributed by atoms with Crippen LogP contribution in [-0.4, -0.2) is 61.3 Å². The highest BCUT2D eigenvalue weighted by molar-refractivity contribution is 6.31.